The highest BCUT2D eigenvalue weighted by Gasteiger charge is 2.21. The molecule has 1 fully saturated rings. The SMILES string of the molecule is CN1CCN(c2ccc(-c3nn(-c4ccc(NC(=O)Nc5cc(C(C)(C)C)on5)cc4)c4ncnc(N)c34)cc2)CC1. The average molecular weight is 567 g/mol. The fraction of sp³-hybridized carbons (Fsp3) is 0.300. The van der Waals surface area contributed by atoms with Crippen molar-refractivity contribution in [3.8, 4) is 16.9 Å². The standard InChI is InChI=1S/C30H34N10O2/c1-30(2,3)23-17-24(37-42-23)35-29(41)34-20-7-11-22(12-8-20)40-28-25(27(31)32-18-33-28)26(36-40)19-5-9-21(10-6-19)39-15-13-38(4)14-16-39/h5-12,17-18H,13-16H2,1-4H3,(H2,31,32,33)(H2,34,35,37,41). The van der Waals surface area contributed by atoms with E-state index in [1.54, 1.807) is 22.9 Å². The van der Waals surface area contributed by atoms with Crippen LogP contribution in [0.25, 0.3) is 28.0 Å². The number of piperazine rings is 1. The molecule has 12 heteroatoms. The van der Waals surface area contributed by atoms with Crippen LogP contribution >= 0.6 is 0 Å². The third-order valence-corrected chi connectivity index (χ3v) is 7.36. The van der Waals surface area contributed by atoms with Crippen LogP contribution in [-0.4, -0.2) is 69.1 Å². The lowest BCUT2D eigenvalue weighted by Crippen LogP contribution is -2.44. The lowest BCUT2D eigenvalue weighted by atomic mass is 9.93. The minimum absolute atomic E-state index is 0.209. The summed E-state index contributed by atoms with van der Waals surface area (Å²) < 4.78 is 7.07. The molecule has 216 valence electrons. The molecule has 0 aliphatic carbocycles. The Kier molecular flexibility index (Phi) is 6.99. The van der Waals surface area contributed by atoms with Crippen LogP contribution in [-0.2, 0) is 5.41 Å². The number of rotatable bonds is 5. The van der Waals surface area contributed by atoms with Gasteiger partial charge in [0, 0.05) is 54.6 Å². The number of amides is 2. The molecule has 1 aliphatic heterocycles. The number of likely N-dealkylation sites (N-methyl/N-ethyl adjacent to an activating group) is 1. The molecule has 2 aromatic carbocycles. The molecule has 0 bridgehead atoms. The van der Waals surface area contributed by atoms with E-state index in [9.17, 15) is 4.79 Å². The van der Waals surface area contributed by atoms with Crippen molar-refractivity contribution in [2.45, 2.75) is 26.2 Å². The molecule has 0 unspecified atom stereocenters. The van der Waals surface area contributed by atoms with Crippen LogP contribution in [0.5, 0.6) is 0 Å². The van der Waals surface area contributed by atoms with Crippen molar-refractivity contribution < 1.29 is 9.32 Å². The van der Waals surface area contributed by atoms with E-state index in [0.29, 0.717) is 39.8 Å². The third-order valence-electron chi connectivity index (χ3n) is 7.36. The van der Waals surface area contributed by atoms with E-state index in [-0.39, 0.29) is 5.41 Å². The molecule has 6 rings (SSSR count). The number of carbonyl (C=O) groups excluding carboxylic acids is 1. The van der Waals surface area contributed by atoms with Crippen LogP contribution in [0, 0.1) is 0 Å². The average Bonchev–Trinajstić information content (AvgIpc) is 3.60. The van der Waals surface area contributed by atoms with E-state index in [0.717, 1.165) is 37.4 Å². The summed E-state index contributed by atoms with van der Waals surface area (Å²) in [5.74, 6) is 1.39. The molecule has 0 radical (unpaired) electrons. The van der Waals surface area contributed by atoms with Crippen LogP contribution < -0.4 is 21.3 Å². The summed E-state index contributed by atoms with van der Waals surface area (Å²) >= 11 is 0. The molecule has 1 saturated heterocycles. The Morgan fingerprint density at radius 3 is 2.29 bits per heavy atom. The van der Waals surface area contributed by atoms with Gasteiger partial charge in [-0.1, -0.05) is 38.1 Å². The molecule has 12 nitrogen and oxygen atoms in total. The lowest BCUT2D eigenvalue weighted by Gasteiger charge is -2.34. The minimum atomic E-state index is -0.427. The first-order chi connectivity index (χ1) is 20.2. The van der Waals surface area contributed by atoms with Crippen molar-refractivity contribution in [2.75, 3.05) is 54.5 Å². The number of anilines is 4. The number of hydrogen-bond acceptors (Lipinski definition) is 9. The molecular weight excluding hydrogens is 532 g/mol. The van der Waals surface area contributed by atoms with Gasteiger partial charge in [-0.25, -0.2) is 19.4 Å². The number of aromatic nitrogens is 5. The number of nitrogens with one attached hydrogen (secondary N) is 2. The Balaban J connectivity index is 1.22. The largest absolute Gasteiger partial charge is 0.383 e. The highest BCUT2D eigenvalue weighted by molar-refractivity contribution is 6.00. The molecule has 3 aromatic heterocycles. The second kappa shape index (κ2) is 10.8. The molecule has 5 aromatic rings. The summed E-state index contributed by atoms with van der Waals surface area (Å²) in [6.07, 6.45) is 1.44. The lowest BCUT2D eigenvalue weighted by molar-refractivity contribution is 0.262. The summed E-state index contributed by atoms with van der Waals surface area (Å²) in [6.45, 7) is 10.1. The van der Waals surface area contributed by atoms with Crippen LogP contribution in [0.4, 0.5) is 27.8 Å². The van der Waals surface area contributed by atoms with Crippen LogP contribution in [0.15, 0.2) is 65.4 Å². The summed E-state index contributed by atoms with van der Waals surface area (Å²) in [5.41, 5.74) is 10.9. The number of urea groups is 1. The Morgan fingerprint density at radius 1 is 0.929 bits per heavy atom. The van der Waals surface area contributed by atoms with Crippen molar-refractivity contribution in [1.82, 2.24) is 29.8 Å². The van der Waals surface area contributed by atoms with Crippen molar-refractivity contribution >= 4 is 40.1 Å². The molecule has 0 spiro atoms. The van der Waals surface area contributed by atoms with Gasteiger partial charge in [0.2, 0.25) is 0 Å². The smallest absolute Gasteiger partial charge is 0.324 e. The second-order valence-corrected chi connectivity index (χ2v) is 11.5. The molecule has 0 atom stereocenters. The summed E-state index contributed by atoms with van der Waals surface area (Å²) in [5, 5.41) is 15.0. The number of nitrogen functional groups attached to an aromatic ring is 1. The van der Waals surface area contributed by atoms with Crippen molar-refractivity contribution in [1.29, 1.82) is 0 Å². The summed E-state index contributed by atoms with van der Waals surface area (Å²) in [4.78, 5) is 26.0. The zero-order chi connectivity index (χ0) is 29.4. The van der Waals surface area contributed by atoms with Gasteiger partial charge in [-0.15, -0.1) is 0 Å². The first-order valence-electron chi connectivity index (χ1n) is 13.8. The summed E-state index contributed by atoms with van der Waals surface area (Å²) in [7, 11) is 2.15. The van der Waals surface area contributed by atoms with Crippen molar-refractivity contribution in [3.63, 3.8) is 0 Å². The number of nitrogens with zero attached hydrogens (tertiary/aromatic N) is 7. The maximum atomic E-state index is 12.6. The number of hydrogen-bond donors (Lipinski definition) is 3. The van der Waals surface area contributed by atoms with Crippen molar-refractivity contribution in [3.05, 3.63) is 66.7 Å². The second-order valence-electron chi connectivity index (χ2n) is 11.5. The van der Waals surface area contributed by atoms with Gasteiger partial charge in [-0.05, 0) is 43.4 Å². The van der Waals surface area contributed by atoms with Gasteiger partial charge >= 0.3 is 6.03 Å². The third kappa shape index (κ3) is 5.48. The highest BCUT2D eigenvalue weighted by atomic mass is 16.5. The van der Waals surface area contributed by atoms with E-state index in [4.69, 9.17) is 15.4 Å². The van der Waals surface area contributed by atoms with E-state index in [1.165, 1.54) is 12.0 Å². The number of fused-ring (bicyclic) bond motifs is 1. The predicted octanol–water partition coefficient (Wildman–Crippen LogP) is 4.75. The Morgan fingerprint density at radius 2 is 1.62 bits per heavy atom. The number of nitrogens with two attached hydrogens (primary N) is 1. The van der Waals surface area contributed by atoms with Gasteiger partial charge in [0.1, 0.15) is 23.6 Å². The zero-order valence-corrected chi connectivity index (χ0v) is 24.1. The topological polar surface area (TPSA) is 143 Å². The van der Waals surface area contributed by atoms with Gasteiger partial charge < -0.3 is 25.4 Å². The predicted molar refractivity (Wildman–Crippen MR) is 164 cm³/mol. The van der Waals surface area contributed by atoms with Crippen LogP contribution in [0.2, 0.25) is 0 Å². The minimum Gasteiger partial charge on any atom is -0.383 e. The van der Waals surface area contributed by atoms with Gasteiger partial charge in [0.05, 0.1) is 11.1 Å². The first kappa shape index (κ1) is 27.2. The number of carbonyl (C=O) groups is 1. The van der Waals surface area contributed by atoms with E-state index >= 15 is 0 Å². The zero-order valence-electron chi connectivity index (χ0n) is 24.1. The first-order valence-corrected chi connectivity index (χ1v) is 13.8. The van der Waals surface area contributed by atoms with Gasteiger partial charge in [-0.3, -0.25) is 5.32 Å². The molecule has 4 N–H and O–H groups in total. The van der Waals surface area contributed by atoms with Crippen LogP contribution in [0.1, 0.15) is 26.5 Å². The van der Waals surface area contributed by atoms with Gasteiger partial charge in [0.25, 0.3) is 0 Å². The summed E-state index contributed by atoms with van der Waals surface area (Å²) in [6, 6.07) is 17.0. The highest BCUT2D eigenvalue weighted by Crippen LogP contribution is 2.33. The van der Waals surface area contributed by atoms with E-state index in [1.807, 2.05) is 32.9 Å². The van der Waals surface area contributed by atoms with E-state index < -0.39 is 6.03 Å². The monoisotopic (exact) mass is 566 g/mol. The molecule has 4 heterocycles. The normalized spacial score (nSPS) is 14.3. The number of benzene rings is 2. The Bertz CT molecular complexity index is 1710. The van der Waals surface area contributed by atoms with E-state index in [2.05, 4.69) is 66.9 Å². The molecular formula is C30H34N10O2. The Hall–Kier alpha value is -4.97. The fourth-order valence-corrected chi connectivity index (χ4v) is 4.90. The van der Waals surface area contributed by atoms with Crippen molar-refractivity contribution in [2.24, 2.45) is 0 Å². The molecule has 2 amide bonds. The maximum Gasteiger partial charge on any atom is 0.324 e. The fourth-order valence-electron chi connectivity index (χ4n) is 4.90. The van der Waals surface area contributed by atoms with Crippen LogP contribution in [0.3, 0.4) is 0 Å². The maximum absolute atomic E-state index is 12.6. The van der Waals surface area contributed by atoms with Gasteiger partial charge in [0.15, 0.2) is 11.5 Å². The Labute approximate surface area is 243 Å². The van der Waals surface area contributed by atoms with Gasteiger partial charge in [-0.2, -0.15) is 5.10 Å². The molecule has 1 aliphatic rings. The molecule has 42 heavy (non-hydrogen) atoms. The quantitative estimate of drug-likeness (QED) is 0.275. The molecule has 0 saturated carbocycles.